The van der Waals surface area contributed by atoms with Crippen LogP contribution in [0.4, 0.5) is 0 Å². The molecule has 28 heavy (non-hydrogen) atoms. The fourth-order valence-electron chi connectivity index (χ4n) is 7.62. The van der Waals surface area contributed by atoms with Crippen LogP contribution >= 0.6 is 0 Å². The second-order valence-electron chi connectivity index (χ2n) is 10.3. The van der Waals surface area contributed by atoms with Crippen molar-refractivity contribution in [2.45, 2.75) is 91.6 Å². The van der Waals surface area contributed by atoms with E-state index in [0.717, 1.165) is 43.2 Å². The molecule has 0 spiro atoms. The van der Waals surface area contributed by atoms with Gasteiger partial charge in [-0.15, -0.1) is 0 Å². The van der Waals surface area contributed by atoms with Crippen LogP contribution in [0.5, 0.6) is 0 Å². The van der Waals surface area contributed by atoms with Crippen LogP contribution in [0.1, 0.15) is 85.5 Å². The minimum atomic E-state index is -0.328. The largest absolute Gasteiger partial charge is 0.463 e. The van der Waals surface area contributed by atoms with Gasteiger partial charge in [0.1, 0.15) is 6.10 Å². The third kappa shape index (κ3) is 3.19. The Kier molecular flexibility index (Phi) is 5.08. The van der Waals surface area contributed by atoms with Crippen molar-refractivity contribution in [1.82, 2.24) is 0 Å². The predicted molar refractivity (Wildman–Crippen MR) is 106 cm³/mol. The predicted octanol–water partition coefficient (Wildman–Crippen LogP) is 4.88. The van der Waals surface area contributed by atoms with E-state index in [2.05, 4.69) is 19.0 Å². The van der Waals surface area contributed by atoms with Gasteiger partial charge in [-0.05, 0) is 86.9 Å². The van der Waals surface area contributed by atoms with Crippen LogP contribution in [0.25, 0.3) is 0 Å². The Morgan fingerprint density at radius 2 is 1.75 bits per heavy atom. The van der Waals surface area contributed by atoms with Gasteiger partial charge in [-0.3, -0.25) is 4.79 Å². The first kappa shape index (κ1) is 19.9. The van der Waals surface area contributed by atoms with E-state index in [1.165, 1.54) is 46.0 Å². The second-order valence-corrected chi connectivity index (χ2v) is 10.3. The summed E-state index contributed by atoms with van der Waals surface area (Å²) in [5, 5.41) is 4.27. The number of oxime groups is 1. The highest BCUT2D eigenvalue weighted by atomic mass is 16.7. The number of esters is 1. The van der Waals surface area contributed by atoms with E-state index in [1.54, 1.807) is 0 Å². The lowest BCUT2D eigenvalue weighted by molar-refractivity contribution is -0.158. The lowest BCUT2D eigenvalue weighted by Gasteiger charge is -2.60. The molecule has 0 aromatic heterocycles. The lowest BCUT2D eigenvalue weighted by Crippen LogP contribution is -2.54. The Hall–Kier alpha value is -1.39. The first-order valence-corrected chi connectivity index (χ1v) is 11.2. The quantitative estimate of drug-likeness (QED) is 0.383. The maximum atomic E-state index is 11.4. The Labute approximate surface area is 168 Å². The summed E-state index contributed by atoms with van der Waals surface area (Å²) in [6.07, 6.45) is 10.4. The zero-order valence-corrected chi connectivity index (χ0v) is 17.8. The lowest BCUT2D eigenvalue weighted by atomic mass is 9.45. The van der Waals surface area contributed by atoms with Gasteiger partial charge >= 0.3 is 11.9 Å². The Morgan fingerprint density at radius 1 is 0.964 bits per heavy atom. The molecule has 0 aromatic carbocycles. The van der Waals surface area contributed by atoms with Crippen LogP contribution < -0.4 is 0 Å². The molecule has 0 N–H and O–H groups in total. The van der Waals surface area contributed by atoms with Crippen LogP contribution in [0.3, 0.4) is 0 Å². The Morgan fingerprint density at radius 3 is 2.46 bits per heavy atom. The van der Waals surface area contributed by atoms with Crippen molar-refractivity contribution in [3.05, 3.63) is 0 Å². The number of rotatable bonds is 2. The van der Waals surface area contributed by atoms with Gasteiger partial charge in [-0.25, -0.2) is 4.79 Å². The summed E-state index contributed by atoms with van der Waals surface area (Å²) in [5.74, 6) is 2.37. The molecular weight excluding hydrogens is 354 g/mol. The van der Waals surface area contributed by atoms with E-state index < -0.39 is 0 Å². The van der Waals surface area contributed by atoms with Gasteiger partial charge in [0, 0.05) is 19.3 Å². The molecule has 0 heterocycles. The topological polar surface area (TPSA) is 65.0 Å². The molecule has 0 bridgehead atoms. The van der Waals surface area contributed by atoms with E-state index in [1.807, 2.05) is 0 Å². The summed E-state index contributed by atoms with van der Waals surface area (Å²) >= 11 is 0. The van der Waals surface area contributed by atoms with E-state index in [4.69, 9.17) is 9.57 Å². The molecule has 0 saturated heterocycles. The molecule has 4 rings (SSSR count). The molecule has 4 aliphatic rings. The van der Waals surface area contributed by atoms with Gasteiger partial charge in [0.05, 0.1) is 5.71 Å². The number of nitrogens with zero attached hydrogens (tertiary/aromatic N) is 1. The molecule has 0 unspecified atom stereocenters. The number of fused-ring (bicyclic) bond motifs is 5. The average molecular weight is 390 g/mol. The van der Waals surface area contributed by atoms with Crippen molar-refractivity contribution in [1.29, 1.82) is 0 Å². The van der Waals surface area contributed by atoms with Gasteiger partial charge < -0.3 is 9.57 Å². The third-order valence-corrected chi connectivity index (χ3v) is 8.98. The summed E-state index contributed by atoms with van der Waals surface area (Å²) in [6.45, 7) is 7.82. The van der Waals surface area contributed by atoms with Gasteiger partial charge in [0.15, 0.2) is 0 Å². The Bertz CT molecular complexity index is 688. The molecule has 4 saturated carbocycles. The van der Waals surface area contributed by atoms with Crippen LogP contribution in [0.2, 0.25) is 0 Å². The molecule has 0 aromatic rings. The highest BCUT2D eigenvalue weighted by Crippen LogP contribution is 2.65. The van der Waals surface area contributed by atoms with Crippen molar-refractivity contribution in [3.63, 3.8) is 0 Å². The fraction of sp³-hybridized carbons (Fsp3) is 0.870. The smallest absolute Gasteiger partial charge is 0.331 e. The minimum absolute atomic E-state index is 0.0920. The van der Waals surface area contributed by atoms with Crippen LogP contribution in [0, 0.1) is 34.5 Å². The number of ether oxygens (including phenoxy) is 1. The maximum absolute atomic E-state index is 11.4. The summed E-state index contributed by atoms with van der Waals surface area (Å²) in [5.41, 5.74) is 1.57. The molecule has 0 radical (unpaired) electrons. The van der Waals surface area contributed by atoms with Crippen molar-refractivity contribution >= 4 is 17.7 Å². The van der Waals surface area contributed by atoms with Gasteiger partial charge in [0.25, 0.3) is 0 Å². The first-order chi connectivity index (χ1) is 13.2. The average Bonchev–Trinajstić information content (AvgIpc) is 2.96. The molecule has 5 heteroatoms. The zero-order valence-electron chi connectivity index (χ0n) is 17.8. The standard InChI is InChI=1S/C23H35NO4/c1-14(25)27-17-9-11-22(3)16(13-17)5-6-18-19-7-8-21(24-28-15(2)26)23(19,4)12-10-20(18)22/h16-20H,5-13H2,1-4H3/b24-21+/t16-,17-,18-,19+,20+,22-,23-/m0/s1. The maximum Gasteiger partial charge on any atom is 0.331 e. The van der Waals surface area contributed by atoms with Crippen LogP contribution in [0.15, 0.2) is 5.16 Å². The molecule has 0 amide bonds. The molecule has 7 atom stereocenters. The van der Waals surface area contributed by atoms with E-state index in [0.29, 0.717) is 17.3 Å². The van der Waals surface area contributed by atoms with Crippen LogP contribution in [-0.4, -0.2) is 23.8 Å². The number of hydrogen-bond acceptors (Lipinski definition) is 5. The van der Waals surface area contributed by atoms with Gasteiger partial charge in [-0.2, -0.15) is 0 Å². The number of hydrogen-bond donors (Lipinski definition) is 0. The number of carbonyl (C=O) groups is 2. The molecule has 5 nitrogen and oxygen atoms in total. The van der Waals surface area contributed by atoms with Crippen molar-refractivity contribution in [3.8, 4) is 0 Å². The summed E-state index contributed by atoms with van der Waals surface area (Å²) in [4.78, 5) is 27.7. The van der Waals surface area contributed by atoms with Crippen LogP contribution in [-0.2, 0) is 19.2 Å². The summed E-state index contributed by atoms with van der Waals surface area (Å²) < 4.78 is 5.57. The Balaban J connectivity index is 1.52. The second kappa shape index (κ2) is 7.14. The molecule has 0 aliphatic heterocycles. The summed E-state index contributed by atoms with van der Waals surface area (Å²) in [7, 11) is 0. The van der Waals surface area contributed by atoms with E-state index >= 15 is 0 Å². The molecular formula is C23H35NO4. The van der Waals surface area contributed by atoms with Gasteiger partial charge in [0.2, 0.25) is 0 Å². The first-order valence-electron chi connectivity index (χ1n) is 11.2. The minimum Gasteiger partial charge on any atom is -0.463 e. The monoisotopic (exact) mass is 389 g/mol. The number of carbonyl (C=O) groups excluding carboxylic acids is 2. The fourth-order valence-corrected chi connectivity index (χ4v) is 7.62. The van der Waals surface area contributed by atoms with E-state index in [-0.39, 0.29) is 23.5 Å². The van der Waals surface area contributed by atoms with Crippen molar-refractivity contribution in [2.24, 2.45) is 39.7 Å². The summed E-state index contributed by atoms with van der Waals surface area (Å²) in [6, 6.07) is 0. The molecule has 156 valence electrons. The normalized spacial score (nSPS) is 46.3. The van der Waals surface area contributed by atoms with Crippen molar-refractivity contribution < 1.29 is 19.2 Å². The SMILES string of the molecule is CC(=O)O/N=C1\CC[C@@H]2[C@@H]3CC[C@H]4C[C@@H](OC(C)=O)CC[C@]4(C)[C@@H]3CC[C@]12C. The highest BCUT2D eigenvalue weighted by molar-refractivity contribution is 5.92. The molecule has 4 fully saturated rings. The zero-order chi connectivity index (χ0) is 20.1. The third-order valence-electron chi connectivity index (χ3n) is 8.98. The van der Waals surface area contributed by atoms with Crippen molar-refractivity contribution in [2.75, 3.05) is 0 Å². The van der Waals surface area contributed by atoms with Gasteiger partial charge in [-0.1, -0.05) is 19.0 Å². The van der Waals surface area contributed by atoms with E-state index in [9.17, 15) is 9.59 Å². The highest BCUT2D eigenvalue weighted by Gasteiger charge is 2.59. The molecule has 4 aliphatic carbocycles.